The number of ether oxygens (including phenoxy) is 1. The maximum Gasteiger partial charge on any atom is 0.0583 e. The van der Waals surface area contributed by atoms with E-state index in [4.69, 9.17) is 9.57 Å². The van der Waals surface area contributed by atoms with E-state index in [2.05, 4.69) is 7.05 Å². The minimum atomic E-state index is 0.650. The highest BCUT2D eigenvalue weighted by Gasteiger charge is 1.83. The van der Waals surface area contributed by atoms with Crippen molar-refractivity contribution in [2.75, 3.05) is 27.4 Å². The number of methoxy groups -OCH3 is 1. The van der Waals surface area contributed by atoms with E-state index in [1.54, 1.807) is 14.2 Å². The van der Waals surface area contributed by atoms with Crippen molar-refractivity contribution in [2.45, 2.75) is 0 Å². The van der Waals surface area contributed by atoms with Crippen LogP contribution >= 0.6 is 0 Å². The SMILES string of the molecule is [CH2-]N(CCOC)OC. The Kier molecular flexibility index (Phi) is 4.95. The second-order valence-corrected chi connectivity index (χ2v) is 1.38. The minimum Gasteiger partial charge on any atom is -0.383 e. The lowest BCUT2D eigenvalue weighted by Gasteiger charge is -2.20. The molecule has 0 aliphatic carbocycles. The van der Waals surface area contributed by atoms with Crippen LogP contribution in [0.3, 0.4) is 0 Å². The number of rotatable bonds is 4. The van der Waals surface area contributed by atoms with E-state index in [1.807, 2.05) is 0 Å². The summed E-state index contributed by atoms with van der Waals surface area (Å²) in [5.41, 5.74) is 0. The summed E-state index contributed by atoms with van der Waals surface area (Å²) in [6.07, 6.45) is 0. The lowest BCUT2D eigenvalue weighted by Crippen LogP contribution is -2.18. The minimum absolute atomic E-state index is 0.650. The Morgan fingerprint density at radius 3 is 2.50 bits per heavy atom. The molecule has 0 aliphatic rings. The third kappa shape index (κ3) is 4.05. The highest BCUT2D eigenvalue weighted by atomic mass is 16.7. The van der Waals surface area contributed by atoms with Crippen LogP contribution in [0, 0.1) is 7.05 Å². The van der Waals surface area contributed by atoms with E-state index in [-0.39, 0.29) is 0 Å². The number of hydrogen-bond donors (Lipinski definition) is 0. The fourth-order valence-corrected chi connectivity index (χ4v) is 0.284. The van der Waals surface area contributed by atoms with Crippen LogP contribution < -0.4 is 0 Å². The Hall–Kier alpha value is -0.120. The predicted molar refractivity (Wildman–Crippen MR) is 30.9 cm³/mol. The summed E-state index contributed by atoms with van der Waals surface area (Å²) in [4.78, 5) is 4.69. The first-order valence-electron chi connectivity index (χ1n) is 2.42. The summed E-state index contributed by atoms with van der Waals surface area (Å²) in [6, 6.07) is 0. The van der Waals surface area contributed by atoms with Crippen LogP contribution in [0.1, 0.15) is 0 Å². The molecule has 0 aromatic rings. The molecule has 0 bridgehead atoms. The van der Waals surface area contributed by atoms with Gasteiger partial charge in [-0.25, -0.2) is 0 Å². The molecule has 0 atom stereocenters. The molecule has 0 fully saturated rings. The van der Waals surface area contributed by atoms with Crippen molar-refractivity contribution >= 4 is 0 Å². The van der Waals surface area contributed by atoms with Gasteiger partial charge in [-0.1, -0.05) is 0 Å². The molecule has 0 amide bonds. The van der Waals surface area contributed by atoms with Crippen molar-refractivity contribution in [3.05, 3.63) is 7.05 Å². The topological polar surface area (TPSA) is 21.7 Å². The molecule has 0 unspecified atom stereocenters. The van der Waals surface area contributed by atoms with Gasteiger partial charge in [0.2, 0.25) is 0 Å². The van der Waals surface area contributed by atoms with Crippen LogP contribution in [0.15, 0.2) is 0 Å². The third-order valence-electron chi connectivity index (χ3n) is 0.803. The second-order valence-electron chi connectivity index (χ2n) is 1.38. The van der Waals surface area contributed by atoms with E-state index >= 15 is 0 Å². The van der Waals surface area contributed by atoms with Gasteiger partial charge in [0.25, 0.3) is 0 Å². The predicted octanol–water partition coefficient (Wildman–Crippen LogP) is 0.288. The van der Waals surface area contributed by atoms with E-state index in [0.717, 1.165) is 0 Å². The first-order valence-corrected chi connectivity index (χ1v) is 2.42. The maximum atomic E-state index is 4.75. The van der Waals surface area contributed by atoms with Gasteiger partial charge in [0.1, 0.15) is 0 Å². The van der Waals surface area contributed by atoms with E-state index in [0.29, 0.717) is 13.2 Å². The summed E-state index contributed by atoms with van der Waals surface area (Å²) >= 11 is 0. The standard InChI is InChI=1S/C5H12NO2/c1-6(8-3)4-5-7-2/h1,4-5H2,2-3H3/q-1. The zero-order chi connectivity index (χ0) is 6.41. The molecule has 3 heteroatoms. The van der Waals surface area contributed by atoms with Crippen molar-refractivity contribution in [3.63, 3.8) is 0 Å². The van der Waals surface area contributed by atoms with Crippen LogP contribution in [0.25, 0.3) is 0 Å². The lowest BCUT2D eigenvalue weighted by atomic mass is 10.7. The van der Waals surface area contributed by atoms with Crippen molar-refractivity contribution in [1.29, 1.82) is 0 Å². The van der Waals surface area contributed by atoms with Crippen LogP contribution in [-0.4, -0.2) is 32.4 Å². The molecule has 0 spiro atoms. The average molecular weight is 118 g/mol. The molecule has 0 N–H and O–H groups in total. The van der Waals surface area contributed by atoms with Crippen molar-refractivity contribution < 1.29 is 9.57 Å². The van der Waals surface area contributed by atoms with Crippen LogP contribution in [-0.2, 0) is 9.57 Å². The van der Waals surface area contributed by atoms with Crippen LogP contribution in [0.4, 0.5) is 0 Å². The highest BCUT2D eigenvalue weighted by Crippen LogP contribution is 1.81. The van der Waals surface area contributed by atoms with Gasteiger partial charge < -0.3 is 14.6 Å². The van der Waals surface area contributed by atoms with E-state index in [9.17, 15) is 0 Å². The van der Waals surface area contributed by atoms with Crippen molar-refractivity contribution in [1.82, 2.24) is 5.06 Å². The number of hydroxylamine groups is 2. The van der Waals surface area contributed by atoms with Gasteiger partial charge in [-0.15, -0.1) is 0 Å². The van der Waals surface area contributed by atoms with E-state index < -0.39 is 0 Å². The summed E-state index contributed by atoms with van der Waals surface area (Å²) in [5.74, 6) is 0. The number of nitrogens with zero attached hydrogens (tertiary/aromatic N) is 1. The largest absolute Gasteiger partial charge is 0.383 e. The molecule has 0 aromatic carbocycles. The molecule has 3 nitrogen and oxygen atoms in total. The maximum absolute atomic E-state index is 4.75. The average Bonchev–Trinajstić information content (AvgIpc) is 1.83. The third-order valence-corrected chi connectivity index (χ3v) is 0.803. The Labute approximate surface area is 50.1 Å². The molecule has 0 aliphatic heterocycles. The molecule has 50 valence electrons. The van der Waals surface area contributed by atoms with E-state index in [1.165, 1.54) is 5.06 Å². The lowest BCUT2D eigenvalue weighted by molar-refractivity contribution is -0.100. The highest BCUT2D eigenvalue weighted by molar-refractivity contribution is 4.37. The zero-order valence-electron chi connectivity index (χ0n) is 5.39. The summed E-state index contributed by atoms with van der Waals surface area (Å²) < 4.78 is 4.75. The van der Waals surface area contributed by atoms with Crippen LogP contribution in [0.5, 0.6) is 0 Å². The first kappa shape index (κ1) is 7.88. The fraction of sp³-hybridized carbons (Fsp3) is 0.800. The normalized spacial score (nSPS) is 10.5. The van der Waals surface area contributed by atoms with Gasteiger partial charge in [0.15, 0.2) is 0 Å². The van der Waals surface area contributed by atoms with Gasteiger partial charge in [0.05, 0.1) is 13.7 Å². The Morgan fingerprint density at radius 1 is 1.50 bits per heavy atom. The summed E-state index contributed by atoms with van der Waals surface area (Å²) in [5, 5.41) is 1.46. The molecule has 0 saturated heterocycles. The molecular formula is C5H12NO2-. The molecule has 0 radical (unpaired) electrons. The molecular weight excluding hydrogens is 106 g/mol. The van der Waals surface area contributed by atoms with Gasteiger partial charge in [0, 0.05) is 13.7 Å². The fourth-order valence-electron chi connectivity index (χ4n) is 0.284. The smallest absolute Gasteiger partial charge is 0.0583 e. The Morgan fingerprint density at radius 2 is 2.12 bits per heavy atom. The molecule has 0 heterocycles. The second kappa shape index (κ2) is 5.03. The molecule has 0 saturated carbocycles. The zero-order valence-corrected chi connectivity index (χ0v) is 5.39. The van der Waals surface area contributed by atoms with Crippen molar-refractivity contribution in [3.8, 4) is 0 Å². The van der Waals surface area contributed by atoms with Gasteiger partial charge in [-0.05, 0) is 0 Å². The Bertz CT molecular complexity index is 49.7. The van der Waals surface area contributed by atoms with Gasteiger partial charge >= 0.3 is 0 Å². The molecule has 8 heavy (non-hydrogen) atoms. The van der Waals surface area contributed by atoms with Gasteiger partial charge in [-0.3, -0.25) is 7.05 Å². The molecule has 0 rings (SSSR count). The number of hydrogen-bond acceptors (Lipinski definition) is 3. The van der Waals surface area contributed by atoms with Crippen molar-refractivity contribution in [2.24, 2.45) is 0 Å². The molecule has 0 aromatic heterocycles. The Balaban J connectivity index is 2.86. The van der Waals surface area contributed by atoms with Gasteiger partial charge in [-0.2, -0.15) is 0 Å². The summed E-state index contributed by atoms with van der Waals surface area (Å²) in [6.45, 7) is 1.35. The van der Waals surface area contributed by atoms with Crippen LogP contribution in [0.2, 0.25) is 0 Å². The monoisotopic (exact) mass is 118 g/mol. The first-order chi connectivity index (χ1) is 3.81. The summed E-state index contributed by atoms with van der Waals surface area (Å²) in [7, 11) is 6.74. The quantitative estimate of drug-likeness (QED) is 0.391.